The Hall–Kier alpha value is -3.01. The van der Waals surface area contributed by atoms with Crippen molar-refractivity contribution in [1.29, 1.82) is 0 Å². The van der Waals surface area contributed by atoms with E-state index in [1.165, 1.54) is 6.07 Å². The third-order valence-corrected chi connectivity index (χ3v) is 3.79. The van der Waals surface area contributed by atoms with Crippen molar-refractivity contribution in [3.05, 3.63) is 70.0 Å². The van der Waals surface area contributed by atoms with E-state index in [0.29, 0.717) is 6.07 Å². The zero-order valence-corrected chi connectivity index (χ0v) is 15.0. The maximum absolute atomic E-state index is 13.5. The number of anilines is 1. The van der Waals surface area contributed by atoms with Crippen LogP contribution in [0.15, 0.2) is 36.4 Å². The first-order valence-electron chi connectivity index (χ1n) is 7.75. The molecule has 0 saturated heterocycles. The van der Waals surface area contributed by atoms with Gasteiger partial charge in [-0.25, -0.2) is 13.2 Å². The van der Waals surface area contributed by atoms with Gasteiger partial charge in [-0.15, -0.1) is 0 Å². The summed E-state index contributed by atoms with van der Waals surface area (Å²) in [5.74, 6) is -6.59. The second-order valence-electron chi connectivity index (χ2n) is 5.56. The van der Waals surface area contributed by atoms with Crippen molar-refractivity contribution in [3.63, 3.8) is 0 Å². The number of nitrogens with one attached hydrogen (secondary N) is 2. The Labute approximate surface area is 165 Å². The topological polar surface area (TPSA) is 58.2 Å². The number of rotatable bonds is 5. The maximum Gasteiger partial charge on any atom is 0.417 e. The molecule has 2 amide bonds. The smallest absolute Gasteiger partial charge is 0.343 e. The highest BCUT2D eigenvalue weighted by atomic mass is 35.5. The number of hydrogen-bond donors (Lipinski definition) is 2. The molecule has 0 fully saturated rings. The van der Waals surface area contributed by atoms with Crippen LogP contribution in [0, 0.1) is 17.5 Å². The summed E-state index contributed by atoms with van der Waals surface area (Å²) in [5, 5.41) is 3.54. The Morgan fingerprint density at radius 1 is 1.03 bits per heavy atom. The average molecular weight is 437 g/mol. The molecule has 0 unspecified atom stereocenters. The fourth-order valence-corrected chi connectivity index (χ4v) is 2.30. The van der Waals surface area contributed by atoms with E-state index in [9.17, 15) is 35.9 Å². The summed E-state index contributed by atoms with van der Waals surface area (Å²) in [4.78, 5) is 23.3. The van der Waals surface area contributed by atoms with E-state index in [1.807, 2.05) is 5.32 Å². The monoisotopic (exact) mass is 436 g/mol. The van der Waals surface area contributed by atoms with Crippen molar-refractivity contribution in [3.8, 4) is 0 Å². The Morgan fingerprint density at radius 2 is 1.72 bits per heavy atom. The molecule has 2 aromatic carbocycles. The third kappa shape index (κ3) is 5.98. The van der Waals surface area contributed by atoms with Crippen LogP contribution in [-0.2, 0) is 15.8 Å². The molecule has 0 heterocycles. The molecular weight excluding hydrogens is 426 g/mol. The van der Waals surface area contributed by atoms with E-state index in [4.69, 9.17) is 11.6 Å². The Balaban J connectivity index is 1.95. The summed E-state index contributed by atoms with van der Waals surface area (Å²) in [7, 11) is 0. The number of amides is 2. The molecule has 0 saturated carbocycles. The molecule has 0 radical (unpaired) electrons. The van der Waals surface area contributed by atoms with Gasteiger partial charge in [-0.3, -0.25) is 9.59 Å². The molecule has 0 aliphatic carbocycles. The number of carbonyl (C=O) groups is 2. The quantitative estimate of drug-likeness (QED) is 0.410. The molecule has 0 aliphatic heterocycles. The molecule has 0 bridgehead atoms. The van der Waals surface area contributed by atoms with E-state index in [1.54, 1.807) is 0 Å². The molecule has 2 aromatic rings. The van der Waals surface area contributed by atoms with Gasteiger partial charge < -0.3 is 10.6 Å². The summed E-state index contributed by atoms with van der Waals surface area (Å²) in [6.45, 7) is -0.657. The van der Waals surface area contributed by atoms with Crippen LogP contribution in [0.3, 0.4) is 0 Å². The van der Waals surface area contributed by atoms with Crippen molar-refractivity contribution >= 4 is 35.2 Å². The van der Waals surface area contributed by atoms with Crippen molar-refractivity contribution in [2.24, 2.45) is 0 Å². The number of hydrogen-bond acceptors (Lipinski definition) is 2. The highest BCUT2D eigenvalue weighted by Crippen LogP contribution is 2.35. The highest BCUT2D eigenvalue weighted by Gasteiger charge is 2.33. The minimum Gasteiger partial charge on any atom is -0.343 e. The lowest BCUT2D eigenvalue weighted by Crippen LogP contribution is -2.32. The lowest BCUT2D eigenvalue weighted by Gasteiger charge is -2.09. The lowest BCUT2D eigenvalue weighted by atomic mass is 10.1. The normalized spacial score (nSPS) is 11.6. The van der Waals surface area contributed by atoms with Crippen LogP contribution < -0.4 is 10.6 Å². The van der Waals surface area contributed by atoms with Crippen LogP contribution >= 0.6 is 11.6 Å². The standard InChI is InChI=1S/C18H11ClF6N2O2/c19-11-3-1-9(7-10(11)18(23,24)25)2-6-14(28)26-8-15(29)27-13-5-4-12(20)16(21)17(13)22/h1-7H,8H2,(H,26,28)(H,27,29)/b6-2+. The molecule has 2 rings (SSSR count). The van der Waals surface area contributed by atoms with Crippen molar-refractivity contribution < 1.29 is 35.9 Å². The SMILES string of the molecule is O=C(/C=C/c1ccc(Cl)c(C(F)(F)F)c1)NCC(=O)Nc1ccc(F)c(F)c1F. The van der Waals surface area contributed by atoms with E-state index in [2.05, 4.69) is 5.32 Å². The van der Waals surface area contributed by atoms with Gasteiger partial charge in [0, 0.05) is 6.08 Å². The van der Waals surface area contributed by atoms with Crippen molar-refractivity contribution in [2.45, 2.75) is 6.18 Å². The van der Waals surface area contributed by atoms with Crippen LogP contribution in [-0.4, -0.2) is 18.4 Å². The average Bonchev–Trinajstić information content (AvgIpc) is 2.65. The summed E-state index contributed by atoms with van der Waals surface area (Å²) in [6, 6.07) is 4.42. The summed E-state index contributed by atoms with van der Waals surface area (Å²) < 4.78 is 77.7. The van der Waals surface area contributed by atoms with Crippen molar-refractivity contribution in [2.75, 3.05) is 11.9 Å². The Bertz CT molecular complexity index is 976. The van der Waals surface area contributed by atoms with Gasteiger partial charge in [0.25, 0.3) is 0 Å². The Kier molecular flexibility index (Phi) is 6.91. The number of carbonyl (C=O) groups excluding carboxylic acids is 2. The predicted molar refractivity (Wildman–Crippen MR) is 93.4 cm³/mol. The molecule has 2 N–H and O–H groups in total. The summed E-state index contributed by atoms with van der Waals surface area (Å²) >= 11 is 5.49. The van der Waals surface area contributed by atoms with Gasteiger partial charge in [-0.05, 0) is 35.9 Å². The van der Waals surface area contributed by atoms with Gasteiger partial charge in [-0.2, -0.15) is 13.2 Å². The predicted octanol–water partition coefficient (Wildman–Crippen LogP) is 4.54. The molecular formula is C18H11ClF6N2O2. The molecule has 11 heteroatoms. The first-order chi connectivity index (χ1) is 13.5. The minimum atomic E-state index is -4.67. The van der Waals surface area contributed by atoms with E-state index in [0.717, 1.165) is 30.4 Å². The van der Waals surface area contributed by atoms with Crippen LogP contribution in [0.2, 0.25) is 5.02 Å². The molecule has 29 heavy (non-hydrogen) atoms. The van der Waals surface area contributed by atoms with Gasteiger partial charge in [0.1, 0.15) is 0 Å². The molecule has 154 valence electrons. The second kappa shape index (κ2) is 8.99. The van der Waals surface area contributed by atoms with Gasteiger partial charge in [-0.1, -0.05) is 17.7 Å². The second-order valence-corrected chi connectivity index (χ2v) is 5.97. The van der Waals surface area contributed by atoms with Gasteiger partial charge in [0.15, 0.2) is 17.5 Å². The van der Waals surface area contributed by atoms with Gasteiger partial charge in [0.05, 0.1) is 22.8 Å². The fraction of sp³-hybridized carbons (Fsp3) is 0.111. The number of benzene rings is 2. The molecule has 0 atom stereocenters. The highest BCUT2D eigenvalue weighted by molar-refractivity contribution is 6.31. The van der Waals surface area contributed by atoms with Gasteiger partial charge in [0.2, 0.25) is 11.8 Å². The van der Waals surface area contributed by atoms with Crippen LogP contribution in [0.5, 0.6) is 0 Å². The first-order valence-corrected chi connectivity index (χ1v) is 8.13. The third-order valence-electron chi connectivity index (χ3n) is 3.46. The van der Waals surface area contributed by atoms with Crippen LogP contribution in [0.1, 0.15) is 11.1 Å². The molecule has 0 spiro atoms. The minimum absolute atomic E-state index is 0.0326. The number of alkyl halides is 3. The Morgan fingerprint density at radius 3 is 2.38 bits per heavy atom. The van der Waals surface area contributed by atoms with Crippen LogP contribution in [0.4, 0.5) is 32.0 Å². The van der Waals surface area contributed by atoms with Crippen LogP contribution in [0.25, 0.3) is 6.08 Å². The van der Waals surface area contributed by atoms with E-state index < -0.39 is 58.3 Å². The molecule has 0 aromatic heterocycles. The summed E-state index contributed by atoms with van der Waals surface area (Å²) in [5.41, 5.74) is -1.67. The zero-order valence-electron chi connectivity index (χ0n) is 14.2. The summed E-state index contributed by atoms with van der Waals surface area (Å²) in [6.07, 6.45) is -2.74. The molecule has 0 aliphatic rings. The van der Waals surface area contributed by atoms with Gasteiger partial charge >= 0.3 is 6.18 Å². The maximum atomic E-state index is 13.5. The lowest BCUT2D eigenvalue weighted by molar-refractivity contribution is -0.137. The fourth-order valence-electron chi connectivity index (χ4n) is 2.08. The number of halogens is 7. The van der Waals surface area contributed by atoms with Crippen molar-refractivity contribution in [1.82, 2.24) is 5.32 Å². The van der Waals surface area contributed by atoms with E-state index in [-0.39, 0.29) is 5.56 Å². The largest absolute Gasteiger partial charge is 0.417 e. The van der Waals surface area contributed by atoms with E-state index >= 15 is 0 Å². The molecule has 4 nitrogen and oxygen atoms in total. The zero-order chi connectivity index (χ0) is 21.8. The first kappa shape index (κ1) is 22.3.